The normalized spacial score (nSPS) is 20.6. The second-order valence-electron chi connectivity index (χ2n) is 23.8. The molecule has 0 atom stereocenters. The highest BCUT2D eigenvalue weighted by molar-refractivity contribution is 5.93. The van der Waals surface area contributed by atoms with Crippen LogP contribution in [0.5, 0.6) is 69.0 Å². The lowest BCUT2D eigenvalue weighted by atomic mass is 9.45. The quantitative estimate of drug-likeness (QED) is 0.0272. The molecule has 0 aliphatic heterocycles. The van der Waals surface area contributed by atoms with Gasteiger partial charge in [-0.3, -0.25) is 0 Å². The molecule has 32 nitrogen and oxygen atoms in total. The average molecular weight is 1430 g/mol. The van der Waals surface area contributed by atoms with Crippen LogP contribution < -0.4 is 56.8 Å². The molecule has 4 aromatic rings. The molecule has 0 unspecified atom stereocenters. The van der Waals surface area contributed by atoms with Gasteiger partial charge < -0.3 is 75.8 Å². The Morgan fingerprint density at radius 3 is 0.535 bits per heavy atom. The van der Waals surface area contributed by atoms with Crippen LogP contribution in [0.15, 0.2) is 48.5 Å². The van der Waals surface area contributed by atoms with E-state index in [2.05, 4.69) is 0 Å². The molecule has 0 aromatic heterocycles. The maximum Gasteiger partial charge on any atom is 0.550 e. The van der Waals surface area contributed by atoms with E-state index in [0.717, 1.165) is 0 Å². The number of ether oxygens (including phenoxy) is 16. The van der Waals surface area contributed by atoms with Crippen LogP contribution in [-0.2, 0) is 58.0 Å². The molecule has 0 N–H and O–H groups in total. The minimum Gasteiger partial charge on any atom is -0.493 e. The highest BCUT2D eigenvalue weighted by Crippen LogP contribution is 2.64. The van der Waals surface area contributed by atoms with Gasteiger partial charge in [0.15, 0.2) is 46.0 Å². The molecule has 4 aliphatic carbocycles. The summed E-state index contributed by atoms with van der Waals surface area (Å²) in [5.74, 6) is -2.39. The standard InChI is InChI=1S/C69H84O32/c1-78-49-29-37(30-50(79-2)57(49)86-9)61(70)94-98-65(74)90-45-21-13-41(14-22-45)69(42-15-23-46(24-16-42)91-66(75)99-95-62(71)38-31-51(80-3)58(87-10)52(32-38)81-4,43-17-25-47(26-18-43)92-67(76)100-96-63(72)39-33-53(82-5)59(88-11)54(34-39)83-6)44-19-27-48(28-20-44)93-68(77)101-97-64(73)40-35-55(84-7)60(89-12)56(36-40)85-8/h29-36,41-48H,13-28H2,1-12H3. The van der Waals surface area contributed by atoms with Gasteiger partial charge in [-0.15, -0.1) is 0 Å². The number of methoxy groups -OCH3 is 12. The Morgan fingerprint density at radius 2 is 0.396 bits per heavy atom. The smallest absolute Gasteiger partial charge is 0.493 e. The Balaban J connectivity index is 1.01. The van der Waals surface area contributed by atoms with Crippen LogP contribution in [0.2, 0.25) is 0 Å². The first-order valence-electron chi connectivity index (χ1n) is 32.3. The van der Waals surface area contributed by atoms with Crippen LogP contribution in [0, 0.1) is 29.1 Å². The number of hydrogen-bond donors (Lipinski definition) is 0. The van der Waals surface area contributed by atoms with Crippen molar-refractivity contribution in [2.75, 3.05) is 85.3 Å². The van der Waals surface area contributed by atoms with E-state index in [1.54, 1.807) is 0 Å². The molecule has 8 rings (SSSR count). The van der Waals surface area contributed by atoms with Gasteiger partial charge in [0.05, 0.1) is 108 Å². The zero-order chi connectivity index (χ0) is 72.9. The molecule has 552 valence electrons. The summed E-state index contributed by atoms with van der Waals surface area (Å²) in [5, 5.41) is 0. The molecule has 0 spiro atoms. The molecule has 32 heteroatoms. The number of rotatable bonds is 24. The predicted octanol–water partition coefficient (Wildman–Crippen LogP) is 12.0. The van der Waals surface area contributed by atoms with Crippen molar-refractivity contribution < 1.29 is 153 Å². The highest BCUT2D eigenvalue weighted by atomic mass is 17.3. The molecule has 0 bridgehead atoms. The summed E-state index contributed by atoms with van der Waals surface area (Å²) in [6.07, 6.45) is -0.590. The van der Waals surface area contributed by atoms with Gasteiger partial charge in [0.25, 0.3) is 0 Å². The second kappa shape index (κ2) is 36.0. The molecular weight excluding hydrogens is 1340 g/mol. The van der Waals surface area contributed by atoms with E-state index < -0.39 is 78.3 Å². The van der Waals surface area contributed by atoms with E-state index in [4.69, 9.17) is 115 Å². The topological polar surface area (TPSA) is 358 Å². The monoisotopic (exact) mass is 1420 g/mol. The maximum atomic E-state index is 13.3. The first-order chi connectivity index (χ1) is 48.8. The van der Waals surface area contributed by atoms with Crippen LogP contribution in [0.25, 0.3) is 0 Å². The van der Waals surface area contributed by atoms with E-state index in [0.29, 0.717) is 103 Å². The highest BCUT2D eigenvalue weighted by Gasteiger charge is 2.57. The molecule has 4 aromatic carbocycles. The van der Waals surface area contributed by atoms with Gasteiger partial charge in [-0.05, 0) is 180 Å². The number of carbonyl (C=O) groups is 8. The van der Waals surface area contributed by atoms with E-state index in [9.17, 15) is 38.4 Å². The van der Waals surface area contributed by atoms with Gasteiger partial charge >= 0.3 is 48.5 Å². The molecule has 0 radical (unpaired) electrons. The zero-order valence-electron chi connectivity index (χ0n) is 58.1. The Hall–Kier alpha value is -10.6. The third-order valence-corrected chi connectivity index (χ3v) is 18.9. The third kappa shape index (κ3) is 18.3. The lowest BCUT2D eigenvalue weighted by molar-refractivity contribution is -0.213. The Labute approximate surface area is 581 Å². The minimum absolute atomic E-state index is 0.0672. The van der Waals surface area contributed by atoms with Crippen LogP contribution in [-0.4, -0.2) is 158 Å². The van der Waals surface area contributed by atoms with Crippen LogP contribution in [0.3, 0.4) is 0 Å². The fourth-order valence-electron chi connectivity index (χ4n) is 14.6. The molecule has 0 amide bonds. The summed E-state index contributed by atoms with van der Waals surface area (Å²) in [6, 6.07) is 10.6. The van der Waals surface area contributed by atoms with Crippen LogP contribution in [0.4, 0.5) is 19.2 Å². The molecule has 0 saturated heterocycles. The third-order valence-electron chi connectivity index (χ3n) is 18.9. The molecule has 0 heterocycles. The Bertz CT molecular complexity index is 2980. The molecule has 4 fully saturated rings. The Morgan fingerprint density at radius 1 is 0.238 bits per heavy atom. The summed E-state index contributed by atoms with van der Waals surface area (Å²) in [5.41, 5.74) is -0.866. The van der Waals surface area contributed by atoms with Gasteiger partial charge in [-0.25, -0.2) is 58.3 Å². The largest absolute Gasteiger partial charge is 0.550 e. The summed E-state index contributed by atoms with van der Waals surface area (Å²) in [4.78, 5) is 145. The van der Waals surface area contributed by atoms with Crippen molar-refractivity contribution in [1.82, 2.24) is 0 Å². The first-order valence-corrected chi connectivity index (χ1v) is 32.3. The van der Waals surface area contributed by atoms with Crippen molar-refractivity contribution in [3.05, 3.63) is 70.8 Å². The van der Waals surface area contributed by atoms with Gasteiger partial charge in [0, 0.05) is 0 Å². The number of carbonyl (C=O) groups excluding carboxylic acids is 8. The van der Waals surface area contributed by atoms with Crippen molar-refractivity contribution in [3.8, 4) is 69.0 Å². The first kappa shape index (κ1) is 76.2. The lowest BCUT2D eigenvalue weighted by Gasteiger charge is -2.60. The van der Waals surface area contributed by atoms with Gasteiger partial charge in [0.1, 0.15) is 24.4 Å². The van der Waals surface area contributed by atoms with E-state index >= 15 is 0 Å². The number of hydrogen-bond acceptors (Lipinski definition) is 32. The van der Waals surface area contributed by atoms with Crippen molar-refractivity contribution >= 4 is 48.5 Å². The lowest BCUT2D eigenvalue weighted by Crippen LogP contribution is -2.54. The van der Waals surface area contributed by atoms with Crippen molar-refractivity contribution in [3.63, 3.8) is 0 Å². The molecule has 101 heavy (non-hydrogen) atoms. The van der Waals surface area contributed by atoms with Gasteiger partial charge in [0.2, 0.25) is 23.0 Å². The van der Waals surface area contributed by atoms with Crippen molar-refractivity contribution in [2.24, 2.45) is 29.1 Å². The molecule has 4 saturated carbocycles. The number of benzene rings is 4. The summed E-state index contributed by atoms with van der Waals surface area (Å²) in [7, 11) is 16.5. The zero-order valence-corrected chi connectivity index (χ0v) is 58.1. The van der Waals surface area contributed by atoms with Crippen LogP contribution >= 0.6 is 0 Å². The van der Waals surface area contributed by atoms with E-state index in [1.807, 2.05) is 0 Å². The summed E-state index contributed by atoms with van der Waals surface area (Å²) < 4.78 is 87.3. The SMILES string of the molecule is COc1cc(C(=O)OOC(=O)OC2CCC(C(C3CCC(OC(=O)OOC(=O)c4cc(OC)c(OC)c(OC)c4)CC3)(C3CCC(OC(=O)OOC(=O)c4cc(OC)c(OC)c(OC)c4)CC3)C3CCC(OC(=O)OOC(=O)c4cc(OC)c(OC)c(OC)c4)CC3)CC2)cc(OC)c1OC. The molecular formula is C69H84O32. The van der Waals surface area contributed by atoms with Gasteiger partial charge in [-0.2, -0.15) is 19.2 Å². The molecule has 4 aliphatic rings. The van der Waals surface area contributed by atoms with Crippen LogP contribution in [0.1, 0.15) is 144 Å². The van der Waals surface area contributed by atoms with Crippen molar-refractivity contribution in [2.45, 2.75) is 127 Å². The minimum atomic E-state index is -1.26. The summed E-state index contributed by atoms with van der Waals surface area (Å²) >= 11 is 0. The van der Waals surface area contributed by atoms with Crippen molar-refractivity contribution in [1.29, 1.82) is 0 Å². The van der Waals surface area contributed by atoms with E-state index in [1.165, 1.54) is 134 Å². The summed E-state index contributed by atoms with van der Waals surface area (Å²) in [6.45, 7) is 0. The average Bonchev–Trinajstić information content (AvgIpc) is 0.730. The van der Waals surface area contributed by atoms with E-state index in [-0.39, 0.29) is 115 Å². The Kier molecular flexibility index (Phi) is 27.1. The maximum absolute atomic E-state index is 13.3. The predicted molar refractivity (Wildman–Crippen MR) is 342 cm³/mol. The second-order valence-corrected chi connectivity index (χ2v) is 23.8. The van der Waals surface area contributed by atoms with Gasteiger partial charge in [-0.1, -0.05) is 0 Å². The fourth-order valence-corrected chi connectivity index (χ4v) is 14.6. The fraction of sp³-hybridized carbons (Fsp3) is 0.536.